The summed E-state index contributed by atoms with van der Waals surface area (Å²) < 4.78 is 14.1. The van der Waals surface area contributed by atoms with Crippen LogP contribution in [0.3, 0.4) is 0 Å². The van der Waals surface area contributed by atoms with Gasteiger partial charge in [-0.1, -0.05) is 25.1 Å². The van der Waals surface area contributed by atoms with Crippen molar-refractivity contribution in [3.8, 4) is 0 Å². The Balaban J connectivity index is 1.34. The molecule has 9 nitrogen and oxygen atoms in total. The third-order valence-corrected chi connectivity index (χ3v) is 6.81. The zero-order valence-corrected chi connectivity index (χ0v) is 16.4. The molecule has 3 fully saturated rings. The molecular formula is C21H21N5O4. The number of rotatable bonds is 4. The molecule has 9 heteroatoms. The second-order valence-corrected chi connectivity index (χ2v) is 8.55. The molecule has 6 rings (SSSR count). The summed E-state index contributed by atoms with van der Waals surface area (Å²) in [4.78, 5) is 25.5. The molecule has 2 bridgehead atoms. The van der Waals surface area contributed by atoms with E-state index in [9.17, 15) is 9.90 Å². The Hall–Kier alpha value is -2.88. The summed E-state index contributed by atoms with van der Waals surface area (Å²) >= 11 is 0. The Morgan fingerprint density at radius 2 is 2.03 bits per heavy atom. The highest BCUT2D eigenvalue weighted by Gasteiger charge is 2.72. The van der Waals surface area contributed by atoms with Gasteiger partial charge in [0.1, 0.15) is 24.1 Å². The minimum Gasteiger partial charge on any atom is -0.387 e. The van der Waals surface area contributed by atoms with Crippen LogP contribution in [0.15, 0.2) is 43.0 Å². The van der Waals surface area contributed by atoms with Crippen LogP contribution in [0.25, 0.3) is 11.2 Å². The minimum absolute atomic E-state index is 0.0733. The van der Waals surface area contributed by atoms with Gasteiger partial charge in [-0.15, -0.1) is 0 Å². The van der Waals surface area contributed by atoms with Gasteiger partial charge in [-0.2, -0.15) is 0 Å². The highest BCUT2D eigenvalue weighted by molar-refractivity contribution is 6.06. The van der Waals surface area contributed by atoms with Crippen molar-refractivity contribution in [2.45, 2.75) is 43.8 Å². The van der Waals surface area contributed by atoms with Gasteiger partial charge in [0.25, 0.3) is 5.91 Å². The Labute approximate surface area is 172 Å². The average Bonchev–Trinajstić information content (AvgIpc) is 3.13. The smallest absolute Gasteiger partial charge is 0.256 e. The molecular weight excluding hydrogens is 386 g/mol. The minimum atomic E-state index is -0.702. The van der Waals surface area contributed by atoms with E-state index >= 15 is 0 Å². The summed E-state index contributed by atoms with van der Waals surface area (Å²) in [6, 6.07) is 8.90. The molecule has 2 N–H and O–H groups in total. The van der Waals surface area contributed by atoms with Gasteiger partial charge in [0.2, 0.25) is 0 Å². The lowest BCUT2D eigenvalue weighted by Crippen LogP contribution is -2.47. The summed E-state index contributed by atoms with van der Waals surface area (Å²) in [7, 11) is 0. The third kappa shape index (κ3) is 2.33. The number of hydrogen-bond donors (Lipinski definition) is 2. The highest BCUT2D eigenvalue weighted by Crippen LogP contribution is 2.64. The van der Waals surface area contributed by atoms with E-state index in [4.69, 9.17) is 9.47 Å². The molecule has 3 aromatic rings. The van der Waals surface area contributed by atoms with Crippen LogP contribution in [0.4, 0.5) is 5.82 Å². The Morgan fingerprint density at radius 1 is 1.23 bits per heavy atom. The maximum atomic E-state index is 12.5. The predicted octanol–water partition coefficient (Wildman–Crippen LogP) is 1.91. The van der Waals surface area contributed by atoms with Crippen molar-refractivity contribution in [2.75, 3.05) is 11.9 Å². The number of anilines is 1. The molecule has 154 valence electrons. The largest absolute Gasteiger partial charge is 0.387 e. The van der Waals surface area contributed by atoms with E-state index in [0.717, 1.165) is 12.8 Å². The molecule has 1 saturated carbocycles. The fraction of sp³-hybridized carbons (Fsp3) is 0.429. The predicted molar refractivity (Wildman–Crippen MR) is 106 cm³/mol. The van der Waals surface area contributed by atoms with E-state index in [1.54, 1.807) is 35.2 Å². The number of amides is 1. The van der Waals surface area contributed by atoms with E-state index in [1.165, 1.54) is 6.33 Å². The normalized spacial score (nSPS) is 31.2. The van der Waals surface area contributed by atoms with Crippen molar-refractivity contribution < 1.29 is 19.4 Å². The van der Waals surface area contributed by atoms with Gasteiger partial charge < -0.3 is 19.9 Å². The third-order valence-electron chi connectivity index (χ3n) is 6.81. The summed E-state index contributed by atoms with van der Waals surface area (Å²) in [6.45, 7) is 2.53. The number of hydrogen-bond acceptors (Lipinski definition) is 7. The number of ether oxygens (including phenoxy) is 2. The number of fused-ring (bicyclic) bond motifs is 3. The van der Waals surface area contributed by atoms with Crippen LogP contribution in [0.1, 0.15) is 36.4 Å². The molecule has 2 saturated heterocycles. The zero-order chi connectivity index (χ0) is 20.5. The monoisotopic (exact) mass is 407 g/mol. The molecule has 0 radical (unpaired) electrons. The first-order valence-electron chi connectivity index (χ1n) is 10.0. The van der Waals surface area contributed by atoms with Crippen LogP contribution in [-0.4, -0.2) is 54.9 Å². The lowest BCUT2D eigenvalue weighted by molar-refractivity contribution is -0.196. The first-order chi connectivity index (χ1) is 14.5. The Bertz CT molecular complexity index is 1140. The second kappa shape index (κ2) is 6.07. The van der Waals surface area contributed by atoms with E-state index in [0.29, 0.717) is 29.2 Å². The van der Waals surface area contributed by atoms with Gasteiger partial charge in [0.05, 0.1) is 12.9 Å². The number of aliphatic hydroxyl groups is 1. The van der Waals surface area contributed by atoms with Gasteiger partial charge in [-0.3, -0.25) is 9.36 Å². The molecule has 30 heavy (non-hydrogen) atoms. The second-order valence-electron chi connectivity index (χ2n) is 8.55. The SMILES string of the molecule is CC1([C@@]23COC([C@H](n4cnc5c(NC(=O)c6ccccc6)ncnc54)O2)[C@H]3O)CC1. The number of aromatic nitrogens is 4. The Morgan fingerprint density at radius 3 is 2.80 bits per heavy atom. The van der Waals surface area contributed by atoms with E-state index in [2.05, 4.69) is 27.2 Å². The van der Waals surface area contributed by atoms with Gasteiger partial charge in [0.15, 0.2) is 23.2 Å². The van der Waals surface area contributed by atoms with Crippen LogP contribution < -0.4 is 5.32 Å². The standard InChI is InChI=1S/C21H21N5O4/c1-20(7-8-20)21-9-29-14(15(21)27)19(30-21)26-11-24-13-16(22-10-23-17(13)26)25-18(28)12-5-3-2-4-6-12/h2-6,10-11,14-15,19,27H,7-9H2,1H3,(H,22,23,25,28)/t14?,15-,19-,21+/m1/s1. The fourth-order valence-corrected chi connectivity index (χ4v) is 4.68. The highest BCUT2D eigenvalue weighted by atomic mass is 16.6. The molecule has 2 aromatic heterocycles. The van der Waals surface area contributed by atoms with Crippen LogP contribution in [-0.2, 0) is 9.47 Å². The number of benzene rings is 1. The molecule has 4 heterocycles. The summed E-state index contributed by atoms with van der Waals surface area (Å²) in [5.41, 5.74) is 0.718. The molecule has 1 amide bonds. The van der Waals surface area contributed by atoms with Gasteiger partial charge in [-0.25, -0.2) is 15.0 Å². The van der Waals surface area contributed by atoms with Crippen molar-refractivity contribution in [1.82, 2.24) is 19.5 Å². The first-order valence-corrected chi connectivity index (χ1v) is 10.0. The lowest BCUT2D eigenvalue weighted by Gasteiger charge is -2.36. The summed E-state index contributed by atoms with van der Waals surface area (Å²) in [5, 5.41) is 13.7. The topological polar surface area (TPSA) is 111 Å². The van der Waals surface area contributed by atoms with E-state index in [-0.39, 0.29) is 11.3 Å². The number of carbonyl (C=O) groups excluding carboxylic acids is 1. The number of nitrogens with zero attached hydrogens (tertiary/aromatic N) is 4. The molecule has 0 spiro atoms. The van der Waals surface area contributed by atoms with E-state index < -0.39 is 24.0 Å². The number of carbonyl (C=O) groups is 1. The van der Waals surface area contributed by atoms with Crippen LogP contribution in [0, 0.1) is 5.41 Å². The molecule has 1 unspecified atom stereocenters. The van der Waals surface area contributed by atoms with E-state index in [1.807, 2.05) is 6.07 Å². The van der Waals surface area contributed by atoms with Crippen LogP contribution in [0.2, 0.25) is 0 Å². The number of imidazole rings is 1. The van der Waals surface area contributed by atoms with Crippen LogP contribution >= 0.6 is 0 Å². The van der Waals surface area contributed by atoms with Crippen molar-refractivity contribution in [2.24, 2.45) is 5.41 Å². The number of aliphatic hydroxyl groups excluding tert-OH is 1. The molecule has 2 aliphatic heterocycles. The van der Waals surface area contributed by atoms with Gasteiger partial charge in [0, 0.05) is 11.0 Å². The quantitative estimate of drug-likeness (QED) is 0.679. The molecule has 1 aromatic carbocycles. The van der Waals surface area contributed by atoms with Crippen molar-refractivity contribution in [3.05, 3.63) is 48.5 Å². The van der Waals surface area contributed by atoms with Gasteiger partial charge >= 0.3 is 0 Å². The zero-order valence-electron chi connectivity index (χ0n) is 16.4. The van der Waals surface area contributed by atoms with Crippen molar-refractivity contribution in [3.63, 3.8) is 0 Å². The Kier molecular flexibility index (Phi) is 3.63. The molecule has 1 aliphatic carbocycles. The molecule has 4 atom stereocenters. The maximum absolute atomic E-state index is 12.5. The fourth-order valence-electron chi connectivity index (χ4n) is 4.68. The van der Waals surface area contributed by atoms with Crippen molar-refractivity contribution in [1.29, 1.82) is 0 Å². The number of nitrogens with one attached hydrogen (secondary N) is 1. The molecule has 3 aliphatic rings. The van der Waals surface area contributed by atoms with Crippen molar-refractivity contribution >= 4 is 22.9 Å². The van der Waals surface area contributed by atoms with Crippen LogP contribution in [0.5, 0.6) is 0 Å². The average molecular weight is 407 g/mol. The lowest BCUT2D eigenvalue weighted by atomic mass is 9.83. The maximum Gasteiger partial charge on any atom is 0.256 e. The summed E-state index contributed by atoms with van der Waals surface area (Å²) in [5.74, 6) is 0.0433. The first kappa shape index (κ1) is 17.9. The summed E-state index contributed by atoms with van der Waals surface area (Å²) in [6.07, 6.45) is 3.27. The van der Waals surface area contributed by atoms with Gasteiger partial charge in [-0.05, 0) is 25.0 Å².